The number of nitrogens with zero attached hydrogens (tertiary/aromatic N) is 3. The van der Waals surface area contributed by atoms with Gasteiger partial charge in [-0.3, -0.25) is 14.1 Å². The Morgan fingerprint density at radius 2 is 1.84 bits per heavy atom. The maximum Gasteiger partial charge on any atom is 0.437 e. The third-order valence-electron chi connectivity index (χ3n) is 5.56. The molecular weight excluding hydrogens is 416 g/mol. The Balaban J connectivity index is 1.56. The number of anilines is 1. The van der Waals surface area contributed by atoms with Crippen molar-refractivity contribution >= 4 is 23.2 Å². The van der Waals surface area contributed by atoms with Crippen molar-refractivity contribution in [3.8, 4) is 11.4 Å². The van der Waals surface area contributed by atoms with Crippen LogP contribution in [0.1, 0.15) is 19.5 Å². The van der Waals surface area contributed by atoms with Gasteiger partial charge in [-0.2, -0.15) is 0 Å². The van der Waals surface area contributed by atoms with Crippen LogP contribution in [0.4, 0.5) is 5.69 Å². The molecule has 2 atom stereocenters. The van der Waals surface area contributed by atoms with E-state index in [0.29, 0.717) is 23.7 Å². The van der Waals surface area contributed by atoms with E-state index in [4.69, 9.17) is 14.1 Å². The highest BCUT2D eigenvalue weighted by atomic mass is 16.7. The minimum Gasteiger partial charge on any atom is -0.494 e. The van der Waals surface area contributed by atoms with Gasteiger partial charge in [0.1, 0.15) is 11.7 Å². The molecule has 0 spiro atoms. The van der Waals surface area contributed by atoms with E-state index in [1.165, 1.54) is 11.6 Å². The fraction of sp³-hybridized carbons (Fsp3) is 0.227. The Morgan fingerprint density at radius 1 is 1.12 bits per heavy atom. The molecule has 162 valence electrons. The summed E-state index contributed by atoms with van der Waals surface area (Å²) in [6, 6.07) is 15.4. The summed E-state index contributed by atoms with van der Waals surface area (Å²) in [5, 5.41) is 6.50. The zero-order valence-corrected chi connectivity index (χ0v) is 17.3. The molecule has 2 amide bonds. The topological polar surface area (TPSA) is 118 Å². The quantitative estimate of drug-likeness (QED) is 0.477. The molecule has 32 heavy (non-hydrogen) atoms. The molecule has 1 aromatic heterocycles. The molecule has 5 rings (SSSR count). The zero-order valence-electron chi connectivity index (χ0n) is 17.3. The number of aromatic nitrogens is 2. The van der Waals surface area contributed by atoms with Crippen molar-refractivity contribution in [1.82, 2.24) is 5.27 Å². The fourth-order valence-electron chi connectivity index (χ4n) is 4.01. The van der Waals surface area contributed by atoms with Crippen LogP contribution in [0.25, 0.3) is 5.69 Å². The summed E-state index contributed by atoms with van der Waals surface area (Å²) in [7, 11) is 0. The normalized spacial score (nSPS) is 22.0. The maximum absolute atomic E-state index is 13.4. The van der Waals surface area contributed by atoms with Crippen LogP contribution in [-0.2, 0) is 14.4 Å². The van der Waals surface area contributed by atoms with E-state index < -0.39 is 29.0 Å². The van der Waals surface area contributed by atoms with Crippen molar-refractivity contribution < 1.29 is 28.4 Å². The summed E-state index contributed by atoms with van der Waals surface area (Å²) >= 11 is 0. The average Bonchev–Trinajstić information content (AvgIpc) is 3.40. The highest BCUT2D eigenvalue weighted by Gasteiger charge is 2.67. The van der Waals surface area contributed by atoms with Gasteiger partial charge in [0.25, 0.3) is 5.91 Å². The molecule has 0 bridgehead atoms. The highest BCUT2D eigenvalue weighted by Crippen LogP contribution is 2.42. The monoisotopic (exact) mass is 435 g/mol. The molecular formula is C22H19N4O6+. The lowest BCUT2D eigenvalue weighted by molar-refractivity contribution is -0.671. The molecule has 3 aromatic rings. The molecule has 0 aliphatic carbocycles. The van der Waals surface area contributed by atoms with E-state index in [1.807, 2.05) is 6.92 Å². The van der Waals surface area contributed by atoms with Crippen molar-refractivity contribution in [2.75, 3.05) is 11.5 Å². The van der Waals surface area contributed by atoms with Gasteiger partial charge in [-0.15, -0.1) is 0 Å². The van der Waals surface area contributed by atoms with E-state index in [0.717, 1.165) is 4.90 Å². The average molecular weight is 435 g/mol. The van der Waals surface area contributed by atoms with Crippen LogP contribution in [0.15, 0.2) is 69.1 Å². The SMILES string of the molecule is CCOc1ccc(-[n+]2[nH]oc(=O)c2C2=NOC3(C)C(=O)N(c4ccccc4)C(=O)C23)cc1. The maximum atomic E-state index is 13.4. The second-order valence-corrected chi connectivity index (χ2v) is 7.51. The molecule has 2 aliphatic heterocycles. The Bertz CT molecular complexity index is 1290. The molecule has 2 aliphatic rings. The number of hydrogen-bond donors (Lipinski definition) is 1. The van der Waals surface area contributed by atoms with Gasteiger partial charge in [0.2, 0.25) is 17.2 Å². The summed E-state index contributed by atoms with van der Waals surface area (Å²) in [6.45, 7) is 3.89. The zero-order chi connectivity index (χ0) is 22.5. The van der Waals surface area contributed by atoms with Crippen LogP contribution < -0.4 is 19.9 Å². The molecule has 0 saturated carbocycles. The first-order chi connectivity index (χ1) is 15.5. The number of hydrogen-bond acceptors (Lipinski definition) is 7. The van der Waals surface area contributed by atoms with E-state index >= 15 is 0 Å². The molecule has 2 aromatic carbocycles. The van der Waals surface area contributed by atoms with Crippen molar-refractivity contribution in [2.45, 2.75) is 19.4 Å². The van der Waals surface area contributed by atoms with Gasteiger partial charge >= 0.3 is 11.3 Å². The summed E-state index contributed by atoms with van der Waals surface area (Å²) < 4.78 is 11.8. The van der Waals surface area contributed by atoms with E-state index in [9.17, 15) is 14.4 Å². The van der Waals surface area contributed by atoms with E-state index in [2.05, 4.69) is 10.4 Å². The number of imide groups is 1. The summed E-state index contributed by atoms with van der Waals surface area (Å²) in [6.07, 6.45) is 0. The third-order valence-corrected chi connectivity index (χ3v) is 5.56. The number of aromatic amines is 1. The van der Waals surface area contributed by atoms with Gasteiger partial charge in [-0.25, -0.2) is 9.69 Å². The first-order valence-electron chi connectivity index (χ1n) is 10.0. The third kappa shape index (κ3) is 2.76. The van der Waals surface area contributed by atoms with Gasteiger partial charge < -0.3 is 9.57 Å². The summed E-state index contributed by atoms with van der Waals surface area (Å²) in [5.41, 5.74) is -1.36. The molecule has 1 N–H and O–H groups in total. The van der Waals surface area contributed by atoms with Gasteiger partial charge in [-0.1, -0.05) is 23.4 Å². The Labute approximate surface area is 181 Å². The minimum atomic E-state index is -1.57. The van der Waals surface area contributed by atoms with Crippen LogP contribution in [-0.4, -0.2) is 35.0 Å². The predicted octanol–water partition coefficient (Wildman–Crippen LogP) is 1.33. The summed E-state index contributed by atoms with van der Waals surface area (Å²) in [4.78, 5) is 45.7. The van der Waals surface area contributed by atoms with Crippen molar-refractivity contribution in [2.24, 2.45) is 11.1 Å². The molecule has 10 heteroatoms. The van der Waals surface area contributed by atoms with Crippen LogP contribution in [0.5, 0.6) is 5.75 Å². The van der Waals surface area contributed by atoms with E-state index in [-0.39, 0.29) is 11.4 Å². The highest BCUT2D eigenvalue weighted by molar-refractivity contribution is 6.33. The lowest BCUT2D eigenvalue weighted by atomic mass is 9.87. The van der Waals surface area contributed by atoms with Gasteiger partial charge in [0.15, 0.2) is 5.71 Å². The molecule has 0 radical (unpaired) electrons. The largest absolute Gasteiger partial charge is 0.494 e. The number of carbonyl (C=O) groups is 2. The fourth-order valence-corrected chi connectivity index (χ4v) is 4.01. The predicted molar refractivity (Wildman–Crippen MR) is 110 cm³/mol. The number of nitrogens with one attached hydrogen (secondary N) is 1. The number of amides is 2. The van der Waals surface area contributed by atoms with Crippen molar-refractivity contribution in [3.05, 3.63) is 70.7 Å². The van der Waals surface area contributed by atoms with Gasteiger partial charge in [-0.05, 0) is 48.1 Å². The number of carbonyl (C=O) groups excluding carboxylic acids is 2. The smallest absolute Gasteiger partial charge is 0.437 e. The number of fused-ring (bicyclic) bond motifs is 1. The Hall–Kier alpha value is -4.21. The number of rotatable bonds is 5. The van der Waals surface area contributed by atoms with Crippen LogP contribution in [0.3, 0.4) is 0 Å². The van der Waals surface area contributed by atoms with Crippen molar-refractivity contribution in [3.63, 3.8) is 0 Å². The molecule has 3 heterocycles. The summed E-state index contributed by atoms with van der Waals surface area (Å²) in [5.74, 6) is -1.53. The molecule has 1 saturated heterocycles. The van der Waals surface area contributed by atoms with Gasteiger partial charge in [0.05, 0.1) is 12.3 Å². The molecule has 2 unspecified atom stereocenters. The lowest BCUT2D eigenvalue weighted by Gasteiger charge is -2.18. The second kappa shape index (κ2) is 7.19. The number of oxime groups is 1. The number of H-pyrrole nitrogens is 1. The first-order valence-corrected chi connectivity index (χ1v) is 10.0. The molecule has 1 fully saturated rings. The lowest BCUT2D eigenvalue weighted by Crippen LogP contribution is -2.46. The van der Waals surface area contributed by atoms with Crippen molar-refractivity contribution in [1.29, 1.82) is 0 Å². The van der Waals surface area contributed by atoms with E-state index in [1.54, 1.807) is 54.6 Å². The Morgan fingerprint density at radius 3 is 2.53 bits per heavy atom. The molecule has 10 nitrogen and oxygen atoms in total. The number of benzene rings is 2. The standard InChI is InChI=1S/C22H18N4O6/c1-3-30-15-11-9-14(10-12-15)26-18(20(28)31-24-26)17-16-19(27)25(13-7-5-4-6-8-13)21(29)22(16,2)32-23-17/h4-12,16H,3H2,1-2H3/p+1. The van der Waals surface area contributed by atoms with Crippen LogP contribution in [0.2, 0.25) is 0 Å². The second-order valence-electron chi connectivity index (χ2n) is 7.51. The number of ether oxygens (including phenoxy) is 1. The first kappa shape index (κ1) is 19.7. The van der Waals surface area contributed by atoms with Crippen LogP contribution >= 0.6 is 0 Å². The van der Waals surface area contributed by atoms with Gasteiger partial charge in [0, 0.05) is 12.1 Å². The van der Waals surface area contributed by atoms with Crippen LogP contribution in [0, 0.1) is 5.92 Å². The Kier molecular flexibility index (Phi) is 4.43. The minimum absolute atomic E-state index is 0.0214. The number of para-hydroxylation sites is 1.